The van der Waals surface area contributed by atoms with E-state index in [0.717, 1.165) is 25.9 Å². The molecule has 1 saturated heterocycles. The zero-order chi connectivity index (χ0) is 13.0. The highest BCUT2D eigenvalue weighted by atomic mass is 16.5. The molecule has 1 fully saturated rings. The molecule has 1 N–H and O–H groups in total. The summed E-state index contributed by atoms with van der Waals surface area (Å²) >= 11 is 0. The van der Waals surface area contributed by atoms with Crippen LogP contribution in [0.2, 0.25) is 0 Å². The molecule has 0 bridgehead atoms. The molecule has 1 amide bonds. The molecule has 0 aromatic heterocycles. The maximum Gasteiger partial charge on any atom is 0.257 e. The topological polar surface area (TPSA) is 49.8 Å². The van der Waals surface area contributed by atoms with Crippen LogP contribution in [0.1, 0.15) is 36.0 Å². The third-order valence-electron chi connectivity index (χ3n) is 3.33. The lowest BCUT2D eigenvalue weighted by Gasteiger charge is -2.20. The second-order valence-corrected chi connectivity index (χ2v) is 4.59. The number of amides is 1. The Bertz CT molecular complexity index is 423. The highest BCUT2D eigenvalue weighted by Crippen LogP contribution is 2.25. The van der Waals surface area contributed by atoms with Crippen LogP contribution in [0.3, 0.4) is 0 Å². The van der Waals surface area contributed by atoms with E-state index in [1.54, 1.807) is 12.1 Å². The zero-order valence-corrected chi connectivity index (χ0v) is 10.7. The third kappa shape index (κ3) is 2.75. The molecule has 2 rings (SSSR count). The molecule has 4 heteroatoms. The number of nitrogens with zero attached hydrogens (tertiary/aromatic N) is 1. The van der Waals surface area contributed by atoms with Crippen LogP contribution >= 0.6 is 0 Å². The predicted octanol–water partition coefficient (Wildman–Crippen LogP) is 2.42. The molecule has 0 atom stereocenters. The number of rotatable bonds is 2. The smallest absolute Gasteiger partial charge is 0.257 e. The fourth-order valence-electron chi connectivity index (χ4n) is 2.26. The SMILES string of the molecule is COc1ccc(C(=O)N2CCCCCC2)c(O)c1. The molecule has 1 aromatic carbocycles. The zero-order valence-electron chi connectivity index (χ0n) is 10.7. The maximum absolute atomic E-state index is 12.3. The second-order valence-electron chi connectivity index (χ2n) is 4.59. The minimum Gasteiger partial charge on any atom is -0.507 e. The largest absolute Gasteiger partial charge is 0.507 e. The van der Waals surface area contributed by atoms with Gasteiger partial charge in [0.25, 0.3) is 5.91 Å². The molecule has 0 unspecified atom stereocenters. The Morgan fingerprint density at radius 2 is 1.89 bits per heavy atom. The van der Waals surface area contributed by atoms with Crippen molar-refractivity contribution in [1.82, 2.24) is 4.90 Å². The number of methoxy groups -OCH3 is 1. The number of phenols is 1. The van der Waals surface area contributed by atoms with E-state index in [1.165, 1.54) is 26.0 Å². The number of carbonyl (C=O) groups excluding carboxylic acids is 1. The average molecular weight is 249 g/mol. The number of carbonyl (C=O) groups is 1. The van der Waals surface area contributed by atoms with Crippen LogP contribution in [0.25, 0.3) is 0 Å². The number of likely N-dealkylation sites (tertiary alicyclic amines) is 1. The van der Waals surface area contributed by atoms with E-state index >= 15 is 0 Å². The summed E-state index contributed by atoms with van der Waals surface area (Å²) in [6, 6.07) is 4.80. The number of hydrogen-bond donors (Lipinski definition) is 1. The highest BCUT2D eigenvalue weighted by molar-refractivity contribution is 5.97. The van der Waals surface area contributed by atoms with Gasteiger partial charge in [0.05, 0.1) is 12.7 Å². The van der Waals surface area contributed by atoms with Crippen molar-refractivity contribution in [3.05, 3.63) is 23.8 Å². The summed E-state index contributed by atoms with van der Waals surface area (Å²) in [5.41, 5.74) is 0.359. The Balaban J connectivity index is 2.16. The van der Waals surface area contributed by atoms with Gasteiger partial charge in [-0.15, -0.1) is 0 Å². The molecule has 1 aromatic rings. The summed E-state index contributed by atoms with van der Waals surface area (Å²) in [5, 5.41) is 9.87. The van der Waals surface area contributed by atoms with Crippen molar-refractivity contribution in [1.29, 1.82) is 0 Å². The second kappa shape index (κ2) is 5.76. The molecule has 1 heterocycles. The fourth-order valence-corrected chi connectivity index (χ4v) is 2.26. The van der Waals surface area contributed by atoms with E-state index in [2.05, 4.69) is 0 Å². The first kappa shape index (κ1) is 12.7. The molecule has 98 valence electrons. The molecule has 0 saturated carbocycles. The fraction of sp³-hybridized carbons (Fsp3) is 0.500. The third-order valence-corrected chi connectivity index (χ3v) is 3.33. The normalized spacial score (nSPS) is 16.2. The Hall–Kier alpha value is -1.71. The molecule has 0 spiro atoms. The Morgan fingerprint density at radius 1 is 1.22 bits per heavy atom. The van der Waals surface area contributed by atoms with Crippen LogP contribution < -0.4 is 4.74 Å². The van der Waals surface area contributed by atoms with E-state index in [-0.39, 0.29) is 11.7 Å². The van der Waals surface area contributed by atoms with Crippen LogP contribution in [0, 0.1) is 0 Å². The van der Waals surface area contributed by atoms with Crippen molar-refractivity contribution in [2.45, 2.75) is 25.7 Å². The van der Waals surface area contributed by atoms with Crippen molar-refractivity contribution < 1.29 is 14.6 Å². The van der Waals surface area contributed by atoms with E-state index in [0.29, 0.717) is 11.3 Å². The summed E-state index contributed by atoms with van der Waals surface area (Å²) < 4.78 is 5.01. The summed E-state index contributed by atoms with van der Waals surface area (Å²) in [4.78, 5) is 14.1. The first-order valence-corrected chi connectivity index (χ1v) is 6.38. The molecular formula is C14H19NO3. The average Bonchev–Trinajstić information content (AvgIpc) is 2.66. The molecule has 1 aliphatic heterocycles. The van der Waals surface area contributed by atoms with Crippen molar-refractivity contribution in [3.63, 3.8) is 0 Å². The number of aromatic hydroxyl groups is 1. The molecular weight excluding hydrogens is 230 g/mol. The highest BCUT2D eigenvalue weighted by Gasteiger charge is 2.20. The summed E-state index contributed by atoms with van der Waals surface area (Å²) in [5.74, 6) is 0.459. The van der Waals surface area contributed by atoms with Gasteiger partial charge in [0.2, 0.25) is 0 Å². The van der Waals surface area contributed by atoms with E-state index < -0.39 is 0 Å². The summed E-state index contributed by atoms with van der Waals surface area (Å²) in [6.45, 7) is 1.56. The van der Waals surface area contributed by atoms with Crippen molar-refractivity contribution in [3.8, 4) is 11.5 Å². The number of phenolic OH excluding ortho intramolecular Hbond substituents is 1. The van der Waals surface area contributed by atoms with E-state index in [1.807, 2.05) is 4.90 Å². The van der Waals surface area contributed by atoms with Gasteiger partial charge in [-0.1, -0.05) is 12.8 Å². The van der Waals surface area contributed by atoms with Gasteiger partial charge in [-0.2, -0.15) is 0 Å². The first-order chi connectivity index (χ1) is 8.72. The van der Waals surface area contributed by atoms with Crippen LogP contribution in [0.5, 0.6) is 11.5 Å². The first-order valence-electron chi connectivity index (χ1n) is 6.38. The summed E-state index contributed by atoms with van der Waals surface area (Å²) in [7, 11) is 1.53. The standard InChI is InChI=1S/C14H19NO3/c1-18-11-6-7-12(13(16)10-11)14(17)15-8-4-2-3-5-9-15/h6-7,10,16H,2-5,8-9H2,1H3. The van der Waals surface area contributed by atoms with Crippen molar-refractivity contribution in [2.75, 3.05) is 20.2 Å². The van der Waals surface area contributed by atoms with Crippen LogP contribution in [0.4, 0.5) is 0 Å². The quantitative estimate of drug-likeness (QED) is 0.875. The maximum atomic E-state index is 12.3. The van der Waals surface area contributed by atoms with Crippen LogP contribution in [-0.2, 0) is 0 Å². The lowest BCUT2D eigenvalue weighted by Crippen LogP contribution is -2.31. The molecule has 4 nitrogen and oxygen atoms in total. The van der Waals surface area contributed by atoms with Gasteiger partial charge in [-0.25, -0.2) is 0 Å². The Labute approximate surface area is 107 Å². The number of benzene rings is 1. The Kier molecular flexibility index (Phi) is 4.07. The lowest BCUT2D eigenvalue weighted by molar-refractivity contribution is 0.0758. The number of hydrogen-bond acceptors (Lipinski definition) is 3. The molecule has 0 aliphatic carbocycles. The van der Waals surface area contributed by atoms with Crippen LogP contribution in [-0.4, -0.2) is 36.1 Å². The lowest BCUT2D eigenvalue weighted by atomic mass is 10.1. The monoisotopic (exact) mass is 249 g/mol. The molecule has 0 radical (unpaired) electrons. The molecule has 1 aliphatic rings. The predicted molar refractivity (Wildman–Crippen MR) is 69.0 cm³/mol. The molecule has 18 heavy (non-hydrogen) atoms. The summed E-state index contributed by atoms with van der Waals surface area (Å²) in [6.07, 6.45) is 4.45. The van der Waals surface area contributed by atoms with Crippen molar-refractivity contribution in [2.24, 2.45) is 0 Å². The van der Waals surface area contributed by atoms with Crippen molar-refractivity contribution >= 4 is 5.91 Å². The van der Waals surface area contributed by atoms with Gasteiger partial charge >= 0.3 is 0 Å². The minimum absolute atomic E-state index is 0.0106. The van der Waals surface area contributed by atoms with Gasteiger partial charge in [0.1, 0.15) is 11.5 Å². The Morgan fingerprint density at radius 3 is 2.44 bits per heavy atom. The minimum atomic E-state index is -0.0861. The van der Waals surface area contributed by atoms with E-state index in [9.17, 15) is 9.90 Å². The van der Waals surface area contributed by atoms with Gasteiger partial charge in [-0.05, 0) is 25.0 Å². The number of ether oxygens (including phenoxy) is 1. The van der Waals surface area contributed by atoms with Crippen LogP contribution in [0.15, 0.2) is 18.2 Å². The van der Waals surface area contributed by atoms with Gasteiger partial charge in [-0.3, -0.25) is 4.79 Å². The van der Waals surface area contributed by atoms with Gasteiger partial charge in [0, 0.05) is 19.2 Å². The van der Waals surface area contributed by atoms with E-state index in [4.69, 9.17) is 4.74 Å². The van der Waals surface area contributed by atoms with Gasteiger partial charge in [0.15, 0.2) is 0 Å². The van der Waals surface area contributed by atoms with Gasteiger partial charge < -0.3 is 14.7 Å².